The van der Waals surface area contributed by atoms with E-state index in [-0.39, 0.29) is 0 Å². The number of ether oxygens (including phenoxy) is 1. The Bertz CT molecular complexity index is 1060. The van der Waals surface area contributed by atoms with Crippen LogP contribution in [0.25, 0.3) is 22.0 Å². The van der Waals surface area contributed by atoms with Crippen LogP contribution in [0.5, 0.6) is 0 Å². The van der Waals surface area contributed by atoms with E-state index in [4.69, 9.17) is 21.3 Å². The molecule has 1 heterocycles. The summed E-state index contributed by atoms with van der Waals surface area (Å²) in [6.07, 6.45) is -2.60. The first kappa shape index (κ1) is 23.6. The van der Waals surface area contributed by atoms with E-state index in [1.54, 1.807) is 0 Å². The maximum Gasteiger partial charge on any atom is 0.182 e. The molecule has 166 valence electrons. The highest BCUT2D eigenvalue weighted by Crippen LogP contribution is 2.41. The number of pyridine rings is 1. The third kappa shape index (κ3) is 5.62. The predicted molar refractivity (Wildman–Crippen MR) is 126 cm³/mol. The second-order valence-corrected chi connectivity index (χ2v) is 9.60. The number of benzene rings is 2. The fraction of sp³-hybridized carbons (Fsp3) is 0.400. The molecule has 2 N–H and O–H groups in total. The largest absolute Gasteiger partial charge is 0.366 e. The monoisotopic (exact) mass is 442 g/mol. The molecule has 0 aliphatic rings. The lowest BCUT2D eigenvalue weighted by Gasteiger charge is -2.32. The van der Waals surface area contributed by atoms with Crippen LogP contribution < -0.4 is 0 Å². The molecule has 0 amide bonds. The molecule has 2 aromatic carbocycles. The van der Waals surface area contributed by atoms with Crippen molar-refractivity contribution in [3.8, 4) is 11.1 Å². The fourth-order valence-electron chi connectivity index (χ4n) is 3.82. The van der Waals surface area contributed by atoms with E-state index in [9.17, 15) is 10.2 Å². The molecule has 0 spiro atoms. The summed E-state index contributed by atoms with van der Waals surface area (Å²) in [4.78, 5) is 6.94. The van der Waals surface area contributed by atoms with Crippen molar-refractivity contribution in [2.24, 2.45) is 0 Å². The first-order chi connectivity index (χ1) is 14.5. The highest BCUT2D eigenvalue weighted by Gasteiger charge is 2.31. The topological polar surface area (TPSA) is 65.8 Å². The third-order valence-corrected chi connectivity index (χ3v) is 5.20. The minimum Gasteiger partial charge on any atom is -0.366 e. The molecule has 1 atom stereocenters. The summed E-state index contributed by atoms with van der Waals surface area (Å²) in [7, 11) is 4.02. The lowest BCUT2D eigenvalue weighted by molar-refractivity contribution is -0.185. The van der Waals surface area contributed by atoms with Crippen LogP contribution in [0.15, 0.2) is 42.5 Å². The van der Waals surface area contributed by atoms with Crippen molar-refractivity contribution in [3.05, 3.63) is 64.3 Å². The number of aliphatic hydroxyl groups is 2. The van der Waals surface area contributed by atoms with Gasteiger partial charge in [-0.25, -0.2) is 0 Å². The number of aromatic nitrogens is 1. The maximum atomic E-state index is 10.3. The van der Waals surface area contributed by atoms with Crippen LogP contribution in [0.3, 0.4) is 0 Å². The number of hydrogen-bond acceptors (Lipinski definition) is 5. The quantitative estimate of drug-likeness (QED) is 0.520. The molecule has 0 saturated carbocycles. The third-order valence-electron chi connectivity index (χ3n) is 4.95. The van der Waals surface area contributed by atoms with Crippen molar-refractivity contribution in [2.45, 2.75) is 52.2 Å². The zero-order valence-electron chi connectivity index (χ0n) is 19.0. The van der Waals surface area contributed by atoms with Gasteiger partial charge in [-0.1, -0.05) is 29.8 Å². The second kappa shape index (κ2) is 9.23. The normalized spacial score (nSPS) is 13.4. The molecule has 0 aliphatic heterocycles. The minimum absolute atomic E-state index is 0.569. The van der Waals surface area contributed by atoms with Gasteiger partial charge in [0.25, 0.3) is 0 Å². The van der Waals surface area contributed by atoms with Gasteiger partial charge >= 0.3 is 0 Å². The molecule has 0 saturated heterocycles. The van der Waals surface area contributed by atoms with Gasteiger partial charge < -0.3 is 19.8 Å². The van der Waals surface area contributed by atoms with Gasteiger partial charge in [0, 0.05) is 17.0 Å². The van der Waals surface area contributed by atoms with E-state index in [0.717, 1.165) is 45.4 Å². The summed E-state index contributed by atoms with van der Waals surface area (Å²) in [5.74, 6) is 0. The van der Waals surface area contributed by atoms with Crippen LogP contribution in [0.2, 0.25) is 5.02 Å². The number of rotatable bonds is 6. The summed E-state index contributed by atoms with van der Waals surface area (Å²) in [5, 5.41) is 22.1. The zero-order valence-corrected chi connectivity index (χ0v) is 19.7. The number of hydrogen-bond donors (Lipinski definition) is 2. The molecule has 0 unspecified atom stereocenters. The van der Waals surface area contributed by atoms with E-state index in [0.29, 0.717) is 5.02 Å². The predicted octanol–water partition coefficient (Wildman–Crippen LogP) is 5.09. The SMILES string of the molecule is Cc1cc2nc(CN(C)C)ccc2c(-c2ccc(Cl)cc2)c1[C@H](OC(C)(C)C)C(O)O. The minimum atomic E-state index is -1.68. The number of fused-ring (bicyclic) bond motifs is 1. The van der Waals surface area contributed by atoms with Crippen molar-refractivity contribution in [3.63, 3.8) is 0 Å². The Hall–Kier alpha value is -2.02. The molecular weight excluding hydrogens is 412 g/mol. The molecule has 3 aromatic rings. The molecule has 0 fully saturated rings. The lowest BCUT2D eigenvalue weighted by atomic mass is 9.88. The van der Waals surface area contributed by atoms with E-state index >= 15 is 0 Å². The van der Waals surface area contributed by atoms with Crippen molar-refractivity contribution in [1.29, 1.82) is 0 Å². The summed E-state index contributed by atoms with van der Waals surface area (Å²) < 4.78 is 6.12. The molecule has 6 heteroatoms. The van der Waals surface area contributed by atoms with Gasteiger partial charge in [-0.2, -0.15) is 0 Å². The first-order valence-electron chi connectivity index (χ1n) is 10.3. The Balaban J connectivity index is 2.33. The Morgan fingerprint density at radius 2 is 1.71 bits per heavy atom. The Labute approximate surface area is 189 Å². The van der Waals surface area contributed by atoms with Crippen LogP contribution in [0.4, 0.5) is 0 Å². The Morgan fingerprint density at radius 3 is 2.26 bits per heavy atom. The van der Waals surface area contributed by atoms with Crippen LogP contribution in [-0.2, 0) is 11.3 Å². The smallest absolute Gasteiger partial charge is 0.182 e. The molecule has 0 aliphatic carbocycles. The maximum absolute atomic E-state index is 10.3. The lowest BCUT2D eigenvalue weighted by Crippen LogP contribution is -2.30. The van der Waals surface area contributed by atoms with Gasteiger partial charge in [0.1, 0.15) is 6.10 Å². The van der Waals surface area contributed by atoms with Crippen molar-refractivity contribution in [2.75, 3.05) is 14.1 Å². The van der Waals surface area contributed by atoms with Crippen LogP contribution in [0.1, 0.15) is 43.7 Å². The second-order valence-electron chi connectivity index (χ2n) is 9.16. The summed E-state index contributed by atoms with van der Waals surface area (Å²) >= 11 is 6.14. The van der Waals surface area contributed by atoms with Crippen LogP contribution in [0, 0.1) is 6.92 Å². The number of nitrogens with zero attached hydrogens (tertiary/aromatic N) is 2. The summed E-state index contributed by atoms with van der Waals surface area (Å²) in [6.45, 7) is 8.38. The molecule has 31 heavy (non-hydrogen) atoms. The molecule has 5 nitrogen and oxygen atoms in total. The molecule has 0 radical (unpaired) electrons. The van der Waals surface area contributed by atoms with Gasteiger partial charge in [0.2, 0.25) is 0 Å². The fourth-order valence-corrected chi connectivity index (χ4v) is 3.95. The Kier molecular flexibility index (Phi) is 7.04. The van der Waals surface area contributed by atoms with Gasteiger partial charge in [0.05, 0.1) is 16.8 Å². The van der Waals surface area contributed by atoms with Crippen molar-refractivity contribution < 1.29 is 14.9 Å². The molecular formula is C25H31ClN2O3. The molecule has 1 aromatic heterocycles. The van der Waals surface area contributed by atoms with Crippen LogP contribution >= 0.6 is 11.6 Å². The average Bonchev–Trinajstić information content (AvgIpc) is 2.64. The van der Waals surface area contributed by atoms with Crippen LogP contribution in [-0.4, -0.2) is 46.1 Å². The molecule has 3 rings (SSSR count). The van der Waals surface area contributed by atoms with Crippen molar-refractivity contribution in [1.82, 2.24) is 9.88 Å². The van der Waals surface area contributed by atoms with E-state index in [2.05, 4.69) is 4.90 Å². The first-order valence-corrected chi connectivity index (χ1v) is 10.7. The Morgan fingerprint density at radius 1 is 1.06 bits per heavy atom. The summed E-state index contributed by atoms with van der Waals surface area (Å²) in [6, 6.07) is 13.6. The van der Waals surface area contributed by atoms with Gasteiger partial charge in [-0.3, -0.25) is 4.98 Å². The van der Waals surface area contributed by atoms with Gasteiger partial charge in [-0.15, -0.1) is 0 Å². The van der Waals surface area contributed by atoms with Gasteiger partial charge in [0.15, 0.2) is 6.29 Å². The highest BCUT2D eigenvalue weighted by molar-refractivity contribution is 6.30. The number of aryl methyl sites for hydroxylation is 1. The van der Waals surface area contributed by atoms with E-state index in [1.165, 1.54) is 0 Å². The van der Waals surface area contributed by atoms with Crippen molar-refractivity contribution >= 4 is 22.5 Å². The highest BCUT2D eigenvalue weighted by atomic mass is 35.5. The summed E-state index contributed by atoms with van der Waals surface area (Å²) in [5.41, 5.74) is 4.66. The molecule has 0 bridgehead atoms. The number of aliphatic hydroxyl groups excluding tert-OH is 1. The average molecular weight is 443 g/mol. The van der Waals surface area contributed by atoms with E-state index < -0.39 is 18.0 Å². The standard InChI is InChI=1S/C25H31ClN2O3/c1-15-13-20-19(12-11-18(27-20)14-28(5)6)22(16-7-9-17(26)10-8-16)21(15)23(24(29)30)31-25(2,3)4/h7-13,23-24,29-30H,14H2,1-6H3/t23-/m0/s1. The number of halogens is 1. The van der Waals surface area contributed by atoms with Gasteiger partial charge in [-0.05, 0) is 88.3 Å². The van der Waals surface area contributed by atoms with E-state index in [1.807, 2.05) is 84.3 Å². The zero-order chi connectivity index (χ0) is 22.9.